The summed E-state index contributed by atoms with van der Waals surface area (Å²) in [4.78, 5) is 13.9. The van der Waals surface area contributed by atoms with Gasteiger partial charge in [-0.05, 0) is 42.8 Å². The molecule has 0 fully saturated rings. The summed E-state index contributed by atoms with van der Waals surface area (Å²) in [6.45, 7) is 2.88. The second-order valence-corrected chi connectivity index (χ2v) is 4.96. The molecule has 0 aliphatic carbocycles. The van der Waals surface area contributed by atoms with Crippen molar-refractivity contribution in [3.8, 4) is 5.75 Å². The Morgan fingerprint density at radius 3 is 2.57 bits per heavy atom. The number of ether oxygens (including phenoxy) is 1. The minimum atomic E-state index is -0.0326. The number of rotatable bonds is 5. The molecule has 1 amide bonds. The fourth-order valence-corrected chi connectivity index (χ4v) is 1.95. The van der Waals surface area contributed by atoms with Crippen molar-refractivity contribution in [1.82, 2.24) is 4.90 Å². The smallest absolute Gasteiger partial charge is 0.253 e. The molecular formula is C17H20N2O2. The first-order valence-corrected chi connectivity index (χ1v) is 6.87. The molecule has 0 saturated heterocycles. The Hall–Kier alpha value is -2.49. The van der Waals surface area contributed by atoms with Gasteiger partial charge in [-0.15, -0.1) is 0 Å². The van der Waals surface area contributed by atoms with E-state index >= 15 is 0 Å². The molecule has 0 saturated carbocycles. The van der Waals surface area contributed by atoms with Crippen molar-refractivity contribution in [3.05, 3.63) is 59.7 Å². The first kappa shape index (κ1) is 14.9. The lowest BCUT2D eigenvalue weighted by molar-refractivity contribution is 0.0773. The van der Waals surface area contributed by atoms with E-state index in [1.165, 1.54) is 0 Å². The van der Waals surface area contributed by atoms with Crippen LogP contribution in [0.3, 0.4) is 0 Å². The van der Waals surface area contributed by atoms with Crippen LogP contribution in [0.15, 0.2) is 48.5 Å². The minimum absolute atomic E-state index is 0.0326. The summed E-state index contributed by atoms with van der Waals surface area (Å²) in [5, 5.41) is 0. The summed E-state index contributed by atoms with van der Waals surface area (Å²) in [6.07, 6.45) is 0. The SMILES string of the molecule is Cc1cc(C(=O)N(C)CCOc2ccccc2)ccc1N. The number of anilines is 1. The van der Waals surface area contributed by atoms with Crippen molar-refractivity contribution < 1.29 is 9.53 Å². The van der Waals surface area contributed by atoms with Crippen LogP contribution in [0.5, 0.6) is 5.75 Å². The highest BCUT2D eigenvalue weighted by molar-refractivity contribution is 5.94. The molecule has 2 rings (SSSR count). The standard InChI is InChI=1S/C17H20N2O2/c1-13-12-14(8-9-16(13)18)17(20)19(2)10-11-21-15-6-4-3-5-7-15/h3-9,12H,10-11,18H2,1-2H3. The lowest BCUT2D eigenvalue weighted by Gasteiger charge is -2.18. The number of amides is 1. The van der Waals surface area contributed by atoms with Crippen molar-refractivity contribution in [3.63, 3.8) is 0 Å². The van der Waals surface area contributed by atoms with Gasteiger partial charge in [-0.3, -0.25) is 4.79 Å². The normalized spacial score (nSPS) is 10.2. The van der Waals surface area contributed by atoms with Crippen LogP contribution >= 0.6 is 0 Å². The van der Waals surface area contributed by atoms with Crippen molar-refractivity contribution in [2.75, 3.05) is 25.9 Å². The van der Waals surface area contributed by atoms with E-state index < -0.39 is 0 Å². The second-order valence-electron chi connectivity index (χ2n) is 4.96. The van der Waals surface area contributed by atoms with E-state index in [0.29, 0.717) is 24.4 Å². The average Bonchev–Trinajstić information content (AvgIpc) is 2.50. The third-order valence-corrected chi connectivity index (χ3v) is 3.30. The van der Waals surface area contributed by atoms with Crippen LogP contribution in [0.1, 0.15) is 15.9 Å². The van der Waals surface area contributed by atoms with Crippen molar-refractivity contribution >= 4 is 11.6 Å². The lowest BCUT2D eigenvalue weighted by atomic mass is 10.1. The molecule has 0 spiro atoms. The molecule has 2 N–H and O–H groups in total. The van der Waals surface area contributed by atoms with Crippen LogP contribution in [0.25, 0.3) is 0 Å². The molecule has 0 unspecified atom stereocenters. The lowest BCUT2D eigenvalue weighted by Crippen LogP contribution is -2.30. The van der Waals surface area contributed by atoms with Crippen LogP contribution in [0.2, 0.25) is 0 Å². The molecule has 110 valence electrons. The van der Waals surface area contributed by atoms with Gasteiger partial charge in [-0.2, -0.15) is 0 Å². The van der Waals surface area contributed by atoms with E-state index in [-0.39, 0.29) is 5.91 Å². The van der Waals surface area contributed by atoms with Crippen molar-refractivity contribution in [1.29, 1.82) is 0 Å². The Labute approximate surface area is 125 Å². The van der Waals surface area contributed by atoms with E-state index in [1.807, 2.05) is 43.3 Å². The maximum atomic E-state index is 12.3. The minimum Gasteiger partial charge on any atom is -0.492 e. The highest BCUT2D eigenvalue weighted by atomic mass is 16.5. The molecule has 0 bridgehead atoms. The largest absolute Gasteiger partial charge is 0.492 e. The van der Waals surface area contributed by atoms with Crippen molar-refractivity contribution in [2.24, 2.45) is 0 Å². The molecule has 0 atom stereocenters. The monoisotopic (exact) mass is 284 g/mol. The number of nitrogen functional groups attached to an aromatic ring is 1. The van der Waals surface area contributed by atoms with Gasteiger partial charge in [-0.25, -0.2) is 0 Å². The van der Waals surface area contributed by atoms with E-state index in [0.717, 1.165) is 11.3 Å². The van der Waals surface area contributed by atoms with Gasteiger partial charge in [0.05, 0.1) is 6.54 Å². The zero-order valence-corrected chi connectivity index (χ0v) is 12.4. The molecular weight excluding hydrogens is 264 g/mol. The topological polar surface area (TPSA) is 55.6 Å². The van der Waals surface area contributed by atoms with Gasteiger partial charge < -0.3 is 15.4 Å². The second kappa shape index (κ2) is 6.79. The quantitative estimate of drug-likeness (QED) is 0.859. The number of hydrogen-bond donors (Lipinski definition) is 1. The van der Waals surface area contributed by atoms with Gasteiger partial charge >= 0.3 is 0 Å². The van der Waals surface area contributed by atoms with Gasteiger partial charge in [0.2, 0.25) is 0 Å². The molecule has 4 nitrogen and oxygen atoms in total. The number of likely N-dealkylation sites (N-methyl/N-ethyl adjacent to an activating group) is 1. The molecule has 0 aliphatic rings. The number of benzene rings is 2. The van der Waals surface area contributed by atoms with E-state index in [2.05, 4.69) is 0 Å². The number of nitrogens with two attached hydrogens (primary N) is 1. The average molecular weight is 284 g/mol. The Morgan fingerprint density at radius 2 is 1.90 bits per heavy atom. The molecule has 0 aromatic heterocycles. The third-order valence-electron chi connectivity index (χ3n) is 3.30. The van der Waals surface area contributed by atoms with Crippen LogP contribution in [-0.4, -0.2) is 31.0 Å². The Balaban J connectivity index is 1.89. The Kier molecular flexibility index (Phi) is 4.82. The summed E-state index contributed by atoms with van der Waals surface area (Å²) >= 11 is 0. The number of aryl methyl sites for hydroxylation is 1. The maximum Gasteiger partial charge on any atom is 0.253 e. The molecule has 0 radical (unpaired) electrons. The molecule has 0 aliphatic heterocycles. The number of nitrogens with zero attached hydrogens (tertiary/aromatic N) is 1. The summed E-state index contributed by atoms with van der Waals surface area (Å²) in [5.74, 6) is 0.774. The van der Waals surface area contributed by atoms with Crippen molar-refractivity contribution in [2.45, 2.75) is 6.92 Å². The predicted octanol–water partition coefficient (Wildman–Crippen LogP) is 2.73. The van der Waals surface area contributed by atoms with E-state index in [9.17, 15) is 4.79 Å². The summed E-state index contributed by atoms with van der Waals surface area (Å²) in [7, 11) is 1.77. The zero-order valence-electron chi connectivity index (χ0n) is 12.4. The van der Waals surface area contributed by atoms with Gasteiger partial charge in [0.1, 0.15) is 12.4 Å². The maximum absolute atomic E-state index is 12.3. The van der Waals surface area contributed by atoms with Crippen LogP contribution in [0, 0.1) is 6.92 Å². The number of carbonyl (C=O) groups excluding carboxylic acids is 1. The van der Waals surface area contributed by atoms with Gasteiger partial charge in [0, 0.05) is 18.3 Å². The van der Waals surface area contributed by atoms with Gasteiger partial charge in [0.15, 0.2) is 0 Å². The predicted molar refractivity (Wildman–Crippen MR) is 84.5 cm³/mol. The van der Waals surface area contributed by atoms with E-state index in [1.54, 1.807) is 24.1 Å². The van der Waals surface area contributed by atoms with Gasteiger partial charge in [0.25, 0.3) is 5.91 Å². The first-order valence-electron chi connectivity index (χ1n) is 6.87. The van der Waals surface area contributed by atoms with Gasteiger partial charge in [-0.1, -0.05) is 18.2 Å². The highest BCUT2D eigenvalue weighted by Crippen LogP contribution is 2.14. The fraction of sp³-hybridized carbons (Fsp3) is 0.235. The summed E-state index contributed by atoms with van der Waals surface area (Å²) in [6, 6.07) is 14.9. The number of para-hydroxylation sites is 1. The summed E-state index contributed by atoms with van der Waals surface area (Å²) < 4.78 is 5.59. The third kappa shape index (κ3) is 3.99. The van der Waals surface area contributed by atoms with Crippen LogP contribution < -0.4 is 10.5 Å². The molecule has 4 heteroatoms. The number of carbonyl (C=O) groups is 1. The Morgan fingerprint density at radius 1 is 1.19 bits per heavy atom. The highest BCUT2D eigenvalue weighted by Gasteiger charge is 2.12. The fourth-order valence-electron chi connectivity index (χ4n) is 1.95. The molecule has 2 aromatic carbocycles. The first-order chi connectivity index (χ1) is 10.1. The molecule has 2 aromatic rings. The Bertz CT molecular complexity index is 611. The van der Waals surface area contributed by atoms with Crippen LogP contribution in [0.4, 0.5) is 5.69 Å². The zero-order chi connectivity index (χ0) is 15.2. The molecule has 0 heterocycles. The number of hydrogen-bond acceptors (Lipinski definition) is 3. The summed E-state index contributed by atoms with van der Waals surface area (Å²) in [5.41, 5.74) is 8.01. The van der Waals surface area contributed by atoms with Crippen LogP contribution in [-0.2, 0) is 0 Å². The molecule has 21 heavy (non-hydrogen) atoms. The van der Waals surface area contributed by atoms with E-state index in [4.69, 9.17) is 10.5 Å².